The van der Waals surface area contributed by atoms with E-state index in [2.05, 4.69) is 5.32 Å². The second-order valence-corrected chi connectivity index (χ2v) is 4.24. The second kappa shape index (κ2) is 6.43. The van der Waals surface area contributed by atoms with Crippen molar-refractivity contribution in [3.63, 3.8) is 0 Å². The van der Waals surface area contributed by atoms with Gasteiger partial charge in [0.1, 0.15) is 0 Å². The van der Waals surface area contributed by atoms with Gasteiger partial charge in [-0.2, -0.15) is 0 Å². The molecule has 0 aromatic rings. The highest BCUT2D eigenvalue weighted by atomic mass is 16.4. The van der Waals surface area contributed by atoms with Crippen molar-refractivity contribution in [3.8, 4) is 0 Å². The molecule has 1 atom stereocenters. The van der Waals surface area contributed by atoms with Gasteiger partial charge < -0.3 is 10.4 Å². The number of amides is 1. The number of aliphatic carboxylic acids is 1. The molecule has 4 heteroatoms. The Labute approximate surface area is 90.0 Å². The Bertz CT molecular complexity index is 210. The van der Waals surface area contributed by atoms with Gasteiger partial charge in [-0.05, 0) is 18.8 Å². The van der Waals surface area contributed by atoms with E-state index < -0.39 is 5.97 Å². The Kier molecular flexibility index (Phi) is 5.15. The molecular formula is C11H19NO3. The number of hydrogen-bond donors (Lipinski definition) is 2. The summed E-state index contributed by atoms with van der Waals surface area (Å²) in [6.07, 6.45) is 7.52. The lowest BCUT2D eigenvalue weighted by atomic mass is 9.90. The largest absolute Gasteiger partial charge is 0.481 e. The number of nitrogens with one attached hydrogen (secondary N) is 1. The fourth-order valence-electron chi connectivity index (χ4n) is 2.35. The van der Waals surface area contributed by atoms with E-state index in [0.29, 0.717) is 12.3 Å². The molecule has 1 aliphatic rings. The van der Waals surface area contributed by atoms with Gasteiger partial charge in [0.25, 0.3) is 0 Å². The Hall–Kier alpha value is -1.06. The van der Waals surface area contributed by atoms with Crippen LogP contribution in [-0.2, 0) is 9.59 Å². The third-order valence-electron chi connectivity index (χ3n) is 3.15. The fraction of sp³-hybridized carbons (Fsp3) is 0.818. The Balaban J connectivity index is 2.51. The third kappa shape index (κ3) is 4.32. The fourth-order valence-corrected chi connectivity index (χ4v) is 2.35. The normalized spacial score (nSPS) is 20.3. The average molecular weight is 213 g/mol. The topological polar surface area (TPSA) is 66.4 Å². The predicted molar refractivity (Wildman–Crippen MR) is 56.4 cm³/mol. The van der Waals surface area contributed by atoms with Crippen molar-refractivity contribution in [3.05, 3.63) is 0 Å². The SMILES string of the molecule is O=CN[C@@H](CC(=O)O)C1CCCCCC1. The first-order valence-electron chi connectivity index (χ1n) is 5.65. The summed E-state index contributed by atoms with van der Waals surface area (Å²) in [6, 6.07) is -0.182. The van der Waals surface area contributed by atoms with E-state index in [1.165, 1.54) is 12.8 Å². The van der Waals surface area contributed by atoms with Crippen molar-refractivity contribution in [2.24, 2.45) is 5.92 Å². The van der Waals surface area contributed by atoms with Gasteiger partial charge in [-0.1, -0.05) is 25.7 Å². The van der Waals surface area contributed by atoms with Crippen LogP contribution in [0.1, 0.15) is 44.9 Å². The van der Waals surface area contributed by atoms with E-state index in [0.717, 1.165) is 25.7 Å². The number of carboxylic acids is 1. The van der Waals surface area contributed by atoms with Crippen molar-refractivity contribution >= 4 is 12.4 Å². The van der Waals surface area contributed by atoms with Gasteiger partial charge in [0, 0.05) is 6.04 Å². The van der Waals surface area contributed by atoms with E-state index >= 15 is 0 Å². The minimum Gasteiger partial charge on any atom is -0.481 e. The zero-order valence-electron chi connectivity index (χ0n) is 8.95. The van der Waals surface area contributed by atoms with Crippen LogP contribution in [0.5, 0.6) is 0 Å². The molecule has 0 aromatic heterocycles. The maximum Gasteiger partial charge on any atom is 0.305 e. The molecule has 1 fully saturated rings. The van der Waals surface area contributed by atoms with Crippen LogP contribution >= 0.6 is 0 Å². The molecule has 1 rings (SSSR count). The molecule has 0 bridgehead atoms. The summed E-state index contributed by atoms with van der Waals surface area (Å²) in [6.45, 7) is 0. The first-order valence-corrected chi connectivity index (χ1v) is 5.65. The number of carboxylic acid groups (broad SMARTS) is 1. The van der Waals surface area contributed by atoms with Crippen LogP contribution in [0.25, 0.3) is 0 Å². The maximum atomic E-state index is 10.7. The average Bonchev–Trinajstić information content (AvgIpc) is 2.44. The van der Waals surface area contributed by atoms with Gasteiger partial charge in [-0.3, -0.25) is 9.59 Å². The molecule has 4 nitrogen and oxygen atoms in total. The molecule has 86 valence electrons. The summed E-state index contributed by atoms with van der Waals surface area (Å²) < 4.78 is 0. The minimum absolute atomic E-state index is 0.0450. The smallest absolute Gasteiger partial charge is 0.305 e. The second-order valence-electron chi connectivity index (χ2n) is 4.24. The van der Waals surface area contributed by atoms with Crippen molar-refractivity contribution in [2.45, 2.75) is 51.0 Å². The highest BCUT2D eigenvalue weighted by Crippen LogP contribution is 2.26. The maximum absolute atomic E-state index is 10.7. The molecular weight excluding hydrogens is 194 g/mol. The van der Waals surface area contributed by atoms with Crippen LogP contribution in [0.2, 0.25) is 0 Å². The van der Waals surface area contributed by atoms with Crippen LogP contribution in [0.3, 0.4) is 0 Å². The molecule has 0 saturated heterocycles. The standard InChI is InChI=1S/C11H19NO3/c13-8-12-10(7-11(14)15)9-5-3-1-2-4-6-9/h8-10H,1-7H2,(H,12,13)(H,14,15)/t10-/m0/s1. The summed E-state index contributed by atoms with van der Waals surface area (Å²) in [5.41, 5.74) is 0. The quantitative estimate of drug-likeness (QED) is 0.538. The third-order valence-corrected chi connectivity index (χ3v) is 3.15. The Morgan fingerprint density at radius 3 is 2.40 bits per heavy atom. The molecule has 1 amide bonds. The van der Waals surface area contributed by atoms with Gasteiger partial charge in [0.2, 0.25) is 6.41 Å². The minimum atomic E-state index is -0.835. The number of rotatable bonds is 5. The molecule has 0 heterocycles. The van der Waals surface area contributed by atoms with E-state index in [1.807, 2.05) is 0 Å². The number of carbonyl (C=O) groups excluding carboxylic acids is 1. The number of carbonyl (C=O) groups is 2. The summed E-state index contributed by atoms with van der Waals surface area (Å²) in [7, 11) is 0. The first-order chi connectivity index (χ1) is 7.24. The Morgan fingerprint density at radius 2 is 1.93 bits per heavy atom. The molecule has 2 N–H and O–H groups in total. The summed E-state index contributed by atoms with van der Waals surface area (Å²) in [5.74, 6) is -0.493. The van der Waals surface area contributed by atoms with Gasteiger partial charge >= 0.3 is 5.97 Å². The monoisotopic (exact) mass is 213 g/mol. The molecule has 0 aromatic carbocycles. The van der Waals surface area contributed by atoms with Crippen molar-refractivity contribution in [2.75, 3.05) is 0 Å². The van der Waals surface area contributed by atoms with Gasteiger partial charge in [-0.15, -0.1) is 0 Å². The molecule has 0 unspecified atom stereocenters. The molecule has 0 aliphatic heterocycles. The summed E-state index contributed by atoms with van der Waals surface area (Å²) in [4.78, 5) is 21.1. The lowest BCUT2D eigenvalue weighted by molar-refractivity contribution is -0.138. The first kappa shape index (κ1) is 12.0. The zero-order valence-corrected chi connectivity index (χ0v) is 8.95. The van der Waals surface area contributed by atoms with E-state index in [4.69, 9.17) is 5.11 Å². The molecule has 15 heavy (non-hydrogen) atoms. The lowest BCUT2D eigenvalue weighted by Crippen LogP contribution is -2.37. The highest BCUT2D eigenvalue weighted by molar-refractivity contribution is 5.68. The summed E-state index contributed by atoms with van der Waals surface area (Å²) >= 11 is 0. The molecule has 1 aliphatic carbocycles. The Morgan fingerprint density at radius 1 is 1.33 bits per heavy atom. The molecule has 0 spiro atoms. The van der Waals surface area contributed by atoms with Crippen LogP contribution in [0.4, 0.5) is 0 Å². The van der Waals surface area contributed by atoms with Gasteiger partial charge in [0.15, 0.2) is 0 Å². The highest BCUT2D eigenvalue weighted by Gasteiger charge is 2.24. The zero-order chi connectivity index (χ0) is 11.1. The van der Waals surface area contributed by atoms with Gasteiger partial charge in [0.05, 0.1) is 6.42 Å². The van der Waals surface area contributed by atoms with Crippen LogP contribution in [0.15, 0.2) is 0 Å². The van der Waals surface area contributed by atoms with Crippen molar-refractivity contribution in [1.82, 2.24) is 5.32 Å². The van der Waals surface area contributed by atoms with Crippen LogP contribution in [0, 0.1) is 5.92 Å². The van der Waals surface area contributed by atoms with Crippen molar-refractivity contribution < 1.29 is 14.7 Å². The van der Waals surface area contributed by atoms with Crippen LogP contribution in [-0.4, -0.2) is 23.5 Å². The van der Waals surface area contributed by atoms with E-state index in [1.54, 1.807) is 0 Å². The number of hydrogen-bond acceptors (Lipinski definition) is 2. The van der Waals surface area contributed by atoms with Crippen LogP contribution < -0.4 is 5.32 Å². The van der Waals surface area contributed by atoms with Crippen molar-refractivity contribution in [1.29, 1.82) is 0 Å². The lowest BCUT2D eigenvalue weighted by Gasteiger charge is -2.23. The van der Waals surface area contributed by atoms with Gasteiger partial charge in [-0.25, -0.2) is 0 Å². The molecule has 1 saturated carbocycles. The summed E-state index contributed by atoms with van der Waals surface area (Å²) in [5, 5.41) is 11.4. The van der Waals surface area contributed by atoms with E-state index in [-0.39, 0.29) is 12.5 Å². The van der Waals surface area contributed by atoms with E-state index in [9.17, 15) is 9.59 Å². The predicted octanol–water partition coefficient (Wildman–Crippen LogP) is 1.55. The molecule has 0 radical (unpaired) electrons.